The topological polar surface area (TPSA) is 50.8 Å². The zero-order chi connectivity index (χ0) is 29.8. The fourth-order valence-corrected chi connectivity index (χ4v) is 7.53. The minimum atomic E-state index is -0.102. The van der Waals surface area contributed by atoms with Crippen LogP contribution in [0.4, 0.5) is 0 Å². The first-order chi connectivity index (χ1) is 20.9. The van der Waals surface area contributed by atoms with Crippen molar-refractivity contribution in [3.8, 4) is 22.9 Å². The zero-order valence-corrected chi connectivity index (χ0v) is 26.2. The van der Waals surface area contributed by atoms with Crippen LogP contribution in [0.1, 0.15) is 56.1 Å². The van der Waals surface area contributed by atoms with Gasteiger partial charge in [0.25, 0.3) is 0 Å². The van der Waals surface area contributed by atoms with Crippen molar-refractivity contribution >= 4 is 22.7 Å². The van der Waals surface area contributed by atoms with Crippen molar-refractivity contribution in [2.24, 2.45) is 5.41 Å². The van der Waals surface area contributed by atoms with E-state index in [1.54, 1.807) is 0 Å². The average Bonchev–Trinajstić information content (AvgIpc) is 3.29. The molecule has 0 radical (unpaired) electrons. The predicted octanol–water partition coefficient (Wildman–Crippen LogP) is 9.43. The van der Waals surface area contributed by atoms with Gasteiger partial charge < -0.3 is 9.30 Å². The van der Waals surface area contributed by atoms with E-state index in [1.807, 2.05) is 36.2 Å². The Morgan fingerprint density at radius 2 is 1.74 bits per heavy atom. The van der Waals surface area contributed by atoms with Crippen molar-refractivity contribution in [2.45, 2.75) is 76.2 Å². The minimum Gasteiger partial charge on any atom is -0.487 e. The Bertz CT molecular complexity index is 1730. The van der Waals surface area contributed by atoms with Gasteiger partial charge >= 0.3 is 0 Å². The van der Waals surface area contributed by atoms with Gasteiger partial charge in [-0.2, -0.15) is 5.26 Å². The lowest BCUT2D eigenvalue weighted by atomic mass is 9.85. The Balaban J connectivity index is 1.31. The highest BCUT2D eigenvalue weighted by atomic mass is 32.2. The summed E-state index contributed by atoms with van der Waals surface area (Å²) in [7, 11) is 0. The number of rotatable bonds is 11. The SMILES string of the molecule is CC1Cc2c(OCc3ccc(-c4ccccc4)cn3)ccc3c2c(c(CC(C)(C)CC#N)n3CCCc2ccccc2)S1. The van der Waals surface area contributed by atoms with Crippen LogP contribution in [-0.2, 0) is 32.4 Å². The van der Waals surface area contributed by atoms with Crippen LogP contribution < -0.4 is 4.74 Å². The first kappa shape index (κ1) is 29.1. The summed E-state index contributed by atoms with van der Waals surface area (Å²) < 4.78 is 9.06. The fourth-order valence-electron chi connectivity index (χ4n) is 6.21. The molecule has 3 heterocycles. The standard InChI is InChI=1S/C38H39N3OS/c1-27-23-32-35(42-26-31-17-16-30(25-40-31)29-14-8-5-9-15-29)19-18-33-36(32)37(43-27)34(24-38(2,3)20-21-39)41(33)22-10-13-28-11-6-4-7-12-28/h4-9,11-12,14-19,25,27H,10,13,20,22-24,26H2,1-3H3. The molecular weight excluding hydrogens is 547 g/mol. The molecule has 0 amide bonds. The summed E-state index contributed by atoms with van der Waals surface area (Å²) in [4.78, 5) is 6.09. The van der Waals surface area contributed by atoms with Gasteiger partial charge in [-0.05, 0) is 60.4 Å². The van der Waals surface area contributed by atoms with Crippen LogP contribution in [0, 0.1) is 16.7 Å². The van der Waals surface area contributed by atoms with Crippen molar-refractivity contribution in [3.63, 3.8) is 0 Å². The molecule has 0 spiro atoms. The molecule has 4 nitrogen and oxygen atoms in total. The first-order valence-corrected chi connectivity index (χ1v) is 16.2. The van der Waals surface area contributed by atoms with Crippen LogP contribution in [0.15, 0.2) is 96.0 Å². The molecule has 5 heteroatoms. The highest BCUT2D eigenvalue weighted by Crippen LogP contribution is 2.48. The van der Waals surface area contributed by atoms with Gasteiger partial charge in [0.2, 0.25) is 0 Å². The summed E-state index contributed by atoms with van der Waals surface area (Å²) >= 11 is 1.99. The number of nitriles is 1. The molecular formula is C38H39N3OS. The van der Waals surface area contributed by atoms with E-state index in [-0.39, 0.29) is 5.41 Å². The Hall–Kier alpha value is -4.01. The highest BCUT2D eigenvalue weighted by Gasteiger charge is 2.31. The predicted molar refractivity (Wildman–Crippen MR) is 177 cm³/mol. The number of hydrogen-bond donors (Lipinski definition) is 0. The molecule has 0 aliphatic carbocycles. The maximum atomic E-state index is 9.56. The molecule has 2 aromatic heterocycles. The molecule has 1 aliphatic rings. The molecule has 0 bridgehead atoms. The number of aryl methyl sites for hydroxylation is 2. The second kappa shape index (κ2) is 12.7. The average molecular weight is 586 g/mol. The van der Waals surface area contributed by atoms with Gasteiger partial charge in [-0.1, -0.05) is 87.5 Å². The second-order valence-electron chi connectivity index (χ2n) is 12.5. The molecule has 0 saturated carbocycles. The molecule has 1 unspecified atom stereocenters. The number of pyridine rings is 1. The Morgan fingerprint density at radius 3 is 2.47 bits per heavy atom. The van der Waals surface area contributed by atoms with Gasteiger partial charge in [0.15, 0.2) is 0 Å². The van der Waals surface area contributed by atoms with E-state index in [4.69, 9.17) is 9.72 Å². The van der Waals surface area contributed by atoms with Gasteiger partial charge in [-0.15, -0.1) is 11.8 Å². The molecule has 1 aliphatic heterocycles. The third-order valence-electron chi connectivity index (χ3n) is 8.37. The molecule has 6 rings (SSSR count). The third kappa shape index (κ3) is 6.50. The fraction of sp³-hybridized carbons (Fsp3) is 0.316. The van der Waals surface area contributed by atoms with Crippen LogP contribution in [0.3, 0.4) is 0 Å². The van der Waals surface area contributed by atoms with Gasteiger partial charge in [-0.3, -0.25) is 4.98 Å². The van der Waals surface area contributed by atoms with Crippen molar-refractivity contribution in [2.75, 3.05) is 0 Å². The summed E-state index contributed by atoms with van der Waals surface area (Å²) in [5.41, 5.74) is 8.43. The first-order valence-electron chi connectivity index (χ1n) is 15.3. The Morgan fingerprint density at radius 1 is 0.977 bits per heavy atom. The smallest absolute Gasteiger partial charge is 0.130 e. The highest BCUT2D eigenvalue weighted by molar-refractivity contribution is 8.00. The molecule has 218 valence electrons. The van der Waals surface area contributed by atoms with Gasteiger partial charge in [0, 0.05) is 57.0 Å². The van der Waals surface area contributed by atoms with Crippen LogP contribution in [0.5, 0.6) is 5.75 Å². The van der Waals surface area contributed by atoms with Gasteiger partial charge in [0.1, 0.15) is 12.4 Å². The summed E-state index contributed by atoms with van der Waals surface area (Å²) in [6.07, 6.45) is 6.43. The van der Waals surface area contributed by atoms with E-state index in [0.717, 1.165) is 49.2 Å². The van der Waals surface area contributed by atoms with Gasteiger partial charge in [0.05, 0.1) is 11.8 Å². The second-order valence-corrected chi connectivity index (χ2v) is 13.9. The Labute approximate surface area is 259 Å². The number of ether oxygens (including phenoxy) is 1. The number of benzene rings is 3. The lowest BCUT2D eigenvalue weighted by Gasteiger charge is -2.25. The van der Waals surface area contributed by atoms with Crippen LogP contribution in [-0.4, -0.2) is 14.8 Å². The van der Waals surface area contributed by atoms with Crippen molar-refractivity contribution < 1.29 is 4.74 Å². The molecule has 43 heavy (non-hydrogen) atoms. The third-order valence-corrected chi connectivity index (χ3v) is 9.61. The number of hydrogen-bond acceptors (Lipinski definition) is 4. The lowest BCUT2D eigenvalue weighted by Crippen LogP contribution is -2.18. The number of nitrogens with zero attached hydrogens (tertiary/aromatic N) is 3. The molecule has 1 atom stereocenters. The number of thioether (sulfide) groups is 1. The molecule has 0 N–H and O–H groups in total. The minimum absolute atomic E-state index is 0.102. The summed E-state index contributed by atoms with van der Waals surface area (Å²) in [6, 6.07) is 32.1. The van der Waals surface area contributed by atoms with E-state index < -0.39 is 0 Å². The van der Waals surface area contributed by atoms with Crippen molar-refractivity contribution in [1.29, 1.82) is 5.26 Å². The zero-order valence-electron chi connectivity index (χ0n) is 25.3. The summed E-state index contributed by atoms with van der Waals surface area (Å²) in [5.74, 6) is 0.958. The molecule has 0 saturated heterocycles. The molecule has 3 aromatic carbocycles. The van der Waals surface area contributed by atoms with E-state index in [1.165, 1.54) is 38.2 Å². The molecule has 0 fully saturated rings. The Kier molecular flexibility index (Phi) is 8.58. The van der Waals surface area contributed by atoms with Crippen molar-refractivity contribution in [1.82, 2.24) is 9.55 Å². The largest absolute Gasteiger partial charge is 0.487 e. The number of aromatic nitrogens is 2. The summed E-state index contributed by atoms with van der Waals surface area (Å²) in [6.45, 7) is 8.14. The lowest BCUT2D eigenvalue weighted by molar-refractivity contribution is 0.298. The summed E-state index contributed by atoms with van der Waals surface area (Å²) in [5, 5.41) is 11.3. The molecule has 5 aromatic rings. The monoisotopic (exact) mass is 585 g/mol. The van der Waals surface area contributed by atoms with E-state index in [2.05, 4.69) is 98.1 Å². The normalized spacial score (nSPS) is 14.5. The van der Waals surface area contributed by atoms with E-state index >= 15 is 0 Å². The van der Waals surface area contributed by atoms with Crippen LogP contribution in [0.2, 0.25) is 0 Å². The van der Waals surface area contributed by atoms with Crippen molar-refractivity contribution in [3.05, 3.63) is 114 Å². The maximum Gasteiger partial charge on any atom is 0.130 e. The van der Waals surface area contributed by atoms with Crippen LogP contribution in [0.25, 0.3) is 22.0 Å². The van der Waals surface area contributed by atoms with E-state index in [0.29, 0.717) is 18.3 Å². The van der Waals surface area contributed by atoms with E-state index in [9.17, 15) is 5.26 Å². The van der Waals surface area contributed by atoms with Crippen LogP contribution >= 0.6 is 11.8 Å². The maximum absolute atomic E-state index is 9.56. The van der Waals surface area contributed by atoms with Gasteiger partial charge in [-0.25, -0.2) is 0 Å². The quantitative estimate of drug-likeness (QED) is 0.155.